The maximum Gasteiger partial charge on any atom is 0.306 e. The molecule has 288 valence electrons. The molecule has 0 radical (unpaired) electrons. The molecule has 0 bridgehead atoms. The Labute approximate surface area is 306 Å². The van der Waals surface area contributed by atoms with E-state index in [1.807, 2.05) is 18.2 Å². The molecular weight excluding hydrogens is 695 g/mol. The first-order valence-corrected chi connectivity index (χ1v) is 18.4. The number of ether oxygens (including phenoxy) is 9. The van der Waals surface area contributed by atoms with E-state index in [0.29, 0.717) is 130 Å². The SMILES string of the molecule is COC(=O)CCNCCNCCOCCOCCOCCOCCOCCOCCOCCOCCCCn1c(CCl)nc2cc(Cl)ccc21. The number of rotatable bonds is 36. The molecule has 0 aliphatic rings. The molecule has 0 saturated heterocycles. The van der Waals surface area contributed by atoms with Crippen molar-refractivity contribution < 1.29 is 47.4 Å². The maximum atomic E-state index is 11.0. The average molecular weight is 754 g/mol. The molecule has 14 nitrogen and oxygen atoms in total. The largest absolute Gasteiger partial charge is 0.469 e. The topological polar surface area (TPSA) is 142 Å². The number of hydrogen-bond acceptors (Lipinski definition) is 13. The molecule has 1 aromatic carbocycles. The van der Waals surface area contributed by atoms with Gasteiger partial charge >= 0.3 is 5.97 Å². The minimum atomic E-state index is -0.204. The quantitative estimate of drug-likeness (QED) is 0.0599. The Kier molecular flexibility index (Phi) is 28.5. The van der Waals surface area contributed by atoms with Gasteiger partial charge in [0.05, 0.1) is 130 Å². The van der Waals surface area contributed by atoms with E-state index in [1.165, 1.54) is 7.11 Å². The molecule has 16 heteroatoms. The lowest BCUT2D eigenvalue weighted by Crippen LogP contribution is -2.31. The summed E-state index contributed by atoms with van der Waals surface area (Å²) < 4.78 is 51.0. The highest BCUT2D eigenvalue weighted by atomic mass is 35.5. The van der Waals surface area contributed by atoms with E-state index < -0.39 is 0 Å². The van der Waals surface area contributed by atoms with Crippen LogP contribution in [0.4, 0.5) is 0 Å². The summed E-state index contributed by atoms with van der Waals surface area (Å²) in [7, 11) is 1.39. The Morgan fingerprint density at radius 3 is 1.64 bits per heavy atom. The van der Waals surface area contributed by atoms with Crippen molar-refractivity contribution in [2.45, 2.75) is 31.7 Å². The van der Waals surface area contributed by atoms with E-state index in [-0.39, 0.29) is 5.97 Å². The van der Waals surface area contributed by atoms with Crippen LogP contribution >= 0.6 is 23.2 Å². The summed E-state index contributed by atoms with van der Waals surface area (Å²) >= 11 is 12.2. The van der Waals surface area contributed by atoms with Gasteiger partial charge in [-0.1, -0.05) is 11.6 Å². The predicted molar refractivity (Wildman–Crippen MR) is 192 cm³/mol. The molecule has 1 heterocycles. The molecular formula is C34H58Cl2N4O10. The van der Waals surface area contributed by atoms with E-state index in [1.54, 1.807) is 0 Å². The monoisotopic (exact) mass is 752 g/mol. The van der Waals surface area contributed by atoms with Crippen LogP contribution < -0.4 is 10.6 Å². The van der Waals surface area contributed by atoms with Crippen LogP contribution in [0, 0.1) is 0 Å². The summed E-state index contributed by atoms with van der Waals surface area (Å²) in [5, 5.41) is 7.10. The van der Waals surface area contributed by atoms with Crippen molar-refractivity contribution in [1.29, 1.82) is 0 Å². The van der Waals surface area contributed by atoms with E-state index in [2.05, 4.69) is 24.9 Å². The lowest BCUT2D eigenvalue weighted by molar-refractivity contribution is -0.140. The van der Waals surface area contributed by atoms with Gasteiger partial charge < -0.3 is 57.8 Å². The van der Waals surface area contributed by atoms with Crippen LogP contribution in [-0.4, -0.2) is 155 Å². The number of aryl methyl sites for hydroxylation is 1. The third-order valence-corrected chi connectivity index (χ3v) is 7.54. The van der Waals surface area contributed by atoms with Gasteiger partial charge in [-0.25, -0.2) is 4.98 Å². The zero-order valence-corrected chi connectivity index (χ0v) is 31.2. The number of carbonyl (C=O) groups excluding carboxylic acids is 1. The molecule has 1 aromatic heterocycles. The van der Waals surface area contributed by atoms with Crippen molar-refractivity contribution in [3.05, 3.63) is 29.0 Å². The van der Waals surface area contributed by atoms with Gasteiger partial charge in [0.25, 0.3) is 0 Å². The number of nitrogens with one attached hydrogen (secondary N) is 2. The molecule has 0 aliphatic heterocycles. The summed E-state index contributed by atoms with van der Waals surface area (Å²) in [6.07, 6.45) is 2.28. The van der Waals surface area contributed by atoms with Crippen molar-refractivity contribution in [2.75, 3.05) is 139 Å². The number of fused-ring (bicyclic) bond motifs is 1. The molecule has 50 heavy (non-hydrogen) atoms. The van der Waals surface area contributed by atoms with Gasteiger partial charge in [-0.2, -0.15) is 0 Å². The number of unbranched alkanes of at least 4 members (excludes halogenated alkanes) is 1. The average Bonchev–Trinajstić information content (AvgIpc) is 3.47. The van der Waals surface area contributed by atoms with E-state index >= 15 is 0 Å². The third kappa shape index (κ3) is 23.0. The number of aromatic nitrogens is 2. The molecule has 2 rings (SSSR count). The first kappa shape index (κ1) is 44.5. The highest BCUT2D eigenvalue weighted by molar-refractivity contribution is 6.31. The van der Waals surface area contributed by atoms with Crippen molar-refractivity contribution >= 4 is 40.2 Å². The van der Waals surface area contributed by atoms with Crippen LogP contribution in [0.15, 0.2) is 18.2 Å². The number of esters is 1. The fraction of sp³-hybridized carbons (Fsp3) is 0.765. The smallest absolute Gasteiger partial charge is 0.306 e. The van der Waals surface area contributed by atoms with Gasteiger partial charge in [0.1, 0.15) is 5.82 Å². The molecule has 0 amide bonds. The number of carbonyl (C=O) groups is 1. The summed E-state index contributed by atoms with van der Waals surface area (Å²) in [5.41, 5.74) is 1.92. The van der Waals surface area contributed by atoms with Crippen molar-refractivity contribution in [3.8, 4) is 0 Å². The number of nitrogens with zero attached hydrogens (tertiary/aromatic N) is 2. The van der Waals surface area contributed by atoms with Gasteiger partial charge in [-0.15, -0.1) is 11.6 Å². The molecule has 2 aromatic rings. The number of methoxy groups -OCH3 is 1. The van der Waals surface area contributed by atoms with Gasteiger partial charge in [-0.05, 0) is 31.0 Å². The second kappa shape index (κ2) is 32.0. The molecule has 0 aliphatic carbocycles. The zero-order chi connectivity index (χ0) is 35.7. The van der Waals surface area contributed by atoms with Gasteiger partial charge in [0, 0.05) is 44.4 Å². The first-order valence-electron chi connectivity index (χ1n) is 17.5. The van der Waals surface area contributed by atoms with Crippen LogP contribution in [-0.2, 0) is 59.9 Å². The second-order valence-corrected chi connectivity index (χ2v) is 11.6. The summed E-state index contributed by atoms with van der Waals surface area (Å²) in [6.45, 7) is 12.4. The van der Waals surface area contributed by atoms with Gasteiger partial charge in [0.15, 0.2) is 0 Å². The fourth-order valence-electron chi connectivity index (χ4n) is 4.48. The Hall–Kier alpha value is -1.66. The molecule has 0 fully saturated rings. The number of alkyl halides is 1. The van der Waals surface area contributed by atoms with Gasteiger partial charge in [-0.3, -0.25) is 4.79 Å². The van der Waals surface area contributed by atoms with Crippen molar-refractivity contribution in [3.63, 3.8) is 0 Å². The van der Waals surface area contributed by atoms with Crippen molar-refractivity contribution in [2.24, 2.45) is 0 Å². The predicted octanol–water partition coefficient (Wildman–Crippen LogP) is 3.08. The summed E-state index contributed by atoms with van der Waals surface area (Å²) in [5.74, 6) is 1.02. The van der Waals surface area contributed by atoms with Crippen LogP contribution in [0.2, 0.25) is 5.02 Å². The van der Waals surface area contributed by atoms with Crippen LogP contribution in [0.3, 0.4) is 0 Å². The number of halogens is 2. The highest BCUT2D eigenvalue weighted by Crippen LogP contribution is 2.22. The third-order valence-electron chi connectivity index (χ3n) is 7.07. The van der Waals surface area contributed by atoms with E-state index in [0.717, 1.165) is 55.9 Å². The molecule has 0 unspecified atom stereocenters. The van der Waals surface area contributed by atoms with Crippen LogP contribution in [0.5, 0.6) is 0 Å². The summed E-state index contributed by atoms with van der Waals surface area (Å²) in [4.78, 5) is 15.6. The summed E-state index contributed by atoms with van der Waals surface area (Å²) in [6, 6.07) is 5.73. The number of benzene rings is 1. The minimum absolute atomic E-state index is 0.204. The molecule has 0 spiro atoms. The number of imidazole rings is 1. The van der Waals surface area contributed by atoms with Crippen LogP contribution in [0.1, 0.15) is 25.1 Å². The second-order valence-electron chi connectivity index (χ2n) is 10.9. The lowest BCUT2D eigenvalue weighted by Gasteiger charge is -2.09. The van der Waals surface area contributed by atoms with Gasteiger partial charge in [0.2, 0.25) is 0 Å². The fourth-order valence-corrected chi connectivity index (χ4v) is 4.85. The van der Waals surface area contributed by atoms with E-state index in [9.17, 15) is 4.79 Å². The standard InChI is InChI=1S/C34H58Cl2N4O10/c1-42-34(41)6-7-37-8-9-38-10-13-44-15-17-46-19-21-48-23-25-50-27-26-49-24-22-47-20-18-45-16-14-43-12-3-2-11-40-32-5-4-30(36)28-31(32)39-33(40)29-35/h4-5,28,37-38H,2-3,6-27,29H2,1H3. The first-order chi connectivity index (χ1) is 24.7. The lowest BCUT2D eigenvalue weighted by atomic mass is 10.3. The normalized spacial score (nSPS) is 11.6. The Bertz CT molecular complexity index is 1100. The van der Waals surface area contributed by atoms with E-state index in [4.69, 9.17) is 61.1 Å². The zero-order valence-electron chi connectivity index (χ0n) is 29.6. The Balaban J connectivity index is 1.20. The molecule has 0 saturated carbocycles. The highest BCUT2D eigenvalue weighted by Gasteiger charge is 2.10. The van der Waals surface area contributed by atoms with Crippen LogP contribution in [0.25, 0.3) is 11.0 Å². The maximum absolute atomic E-state index is 11.0. The minimum Gasteiger partial charge on any atom is -0.469 e. The van der Waals surface area contributed by atoms with Crippen molar-refractivity contribution in [1.82, 2.24) is 20.2 Å². The number of hydrogen-bond donors (Lipinski definition) is 2. The molecule has 2 N–H and O–H groups in total. The Morgan fingerprint density at radius 2 is 1.14 bits per heavy atom. The Morgan fingerprint density at radius 1 is 0.660 bits per heavy atom. The molecule has 0 atom stereocenters.